The fourth-order valence-corrected chi connectivity index (χ4v) is 1.67. The van der Waals surface area contributed by atoms with E-state index >= 15 is 0 Å². The van der Waals surface area contributed by atoms with Crippen LogP contribution in [-0.2, 0) is 0 Å². The minimum atomic E-state index is -0.352. The van der Waals surface area contributed by atoms with Gasteiger partial charge in [-0.3, -0.25) is 4.79 Å². The molecule has 3 N–H and O–H groups in total. The number of hydrogen-bond acceptors (Lipinski definition) is 3. The third-order valence-electron chi connectivity index (χ3n) is 2.72. The molecule has 0 aliphatic rings. The number of amides is 1. The molecule has 1 amide bonds. The molecule has 0 atom stereocenters. The summed E-state index contributed by atoms with van der Waals surface area (Å²) in [5.74, 6) is -0.491. The molecule has 1 aromatic rings. The van der Waals surface area contributed by atoms with Gasteiger partial charge in [-0.2, -0.15) is 0 Å². The summed E-state index contributed by atoms with van der Waals surface area (Å²) in [5.41, 5.74) is 0.00566. The van der Waals surface area contributed by atoms with Gasteiger partial charge in [-0.1, -0.05) is 25.4 Å². The number of aromatic hydroxyl groups is 1. The summed E-state index contributed by atoms with van der Waals surface area (Å²) in [4.78, 5) is 11.9. The third-order valence-corrected chi connectivity index (χ3v) is 2.96. The zero-order valence-corrected chi connectivity index (χ0v) is 11.3. The zero-order valence-electron chi connectivity index (χ0n) is 10.5. The van der Waals surface area contributed by atoms with E-state index in [0.717, 1.165) is 0 Å². The molecule has 1 aromatic carbocycles. The van der Waals surface area contributed by atoms with Gasteiger partial charge in [0.05, 0.1) is 5.56 Å². The Bertz CT molecular complexity index is 432. The maximum absolute atomic E-state index is 11.9. The highest BCUT2D eigenvalue weighted by atomic mass is 35.5. The molecule has 18 heavy (non-hydrogen) atoms. The van der Waals surface area contributed by atoms with Crippen molar-refractivity contribution in [2.24, 2.45) is 5.41 Å². The lowest BCUT2D eigenvalue weighted by Crippen LogP contribution is -2.34. The van der Waals surface area contributed by atoms with Crippen molar-refractivity contribution in [2.75, 3.05) is 13.2 Å². The number of carbonyl (C=O) groups is 1. The second kappa shape index (κ2) is 6.07. The van der Waals surface area contributed by atoms with Crippen LogP contribution < -0.4 is 5.32 Å². The summed E-state index contributed by atoms with van der Waals surface area (Å²) in [6.45, 7) is 4.40. The number of halogens is 1. The van der Waals surface area contributed by atoms with Crippen molar-refractivity contribution in [3.05, 3.63) is 28.8 Å². The SMILES string of the molecule is CC(C)(CCO)CNC(=O)c1ccc(Cl)cc1O. The van der Waals surface area contributed by atoms with E-state index in [-0.39, 0.29) is 29.2 Å². The van der Waals surface area contributed by atoms with Gasteiger partial charge >= 0.3 is 0 Å². The molecule has 1 rings (SSSR count). The molecule has 5 heteroatoms. The van der Waals surface area contributed by atoms with Gasteiger partial charge in [-0.05, 0) is 30.0 Å². The fraction of sp³-hybridized carbons (Fsp3) is 0.462. The molecule has 0 aliphatic carbocycles. The number of aliphatic hydroxyl groups excluding tert-OH is 1. The van der Waals surface area contributed by atoms with Crippen LogP contribution >= 0.6 is 11.6 Å². The molecule has 0 heterocycles. The number of phenols is 1. The van der Waals surface area contributed by atoms with Crippen LogP contribution in [-0.4, -0.2) is 29.3 Å². The van der Waals surface area contributed by atoms with Crippen molar-refractivity contribution in [3.8, 4) is 5.75 Å². The average Bonchev–Trinajstić information content (AvgIpc) is 2.26. The first-order chi connectivity index (χ1) is 8.35. The largest absolute Gasteiger partial charge is 0.507 e. The summed E-state index contributed by atoms with van der Waals surface area (Å²) >= 11 is 5.69. The lowest BCUT2D eigenvalue weighted by molar-refractivity contribution is 0.0925. The molecule has 100 valence electrons. The monoisotopic (exact) mass is 271 g/mol. The normalized spacial score (nSPS) is 11.3. The first-order valence-corrected chi connectivity index (χ1v) is 6.11. The van der Waals surface area contributed by atoms with Gasteiger partial charge in [-0.15, -0.1) is 0 Å². The van der Waals surface area contributed by atoms with E-state index in [1.54, 1.807) is 6.07 Å². The minimum Gasteiger partial charge on any atom is -0.507 e. The van der Waals surface area contributed by atoms with Crippen LogP contribution in [0, 0.1) is 5.41 Å². The van der Waals surface area contributed by atoms with E-state index in [0.29, 0.717) is 18.0 Å². The van der Waals surface area contributed by atoms with Gasteiger partial charge in [0.2, 0.25) is 0 Å². The topological polar surface area (TPSA) is 69.6 Å². The molecule has 0 saturated carbocycles. The number of benzene rings is 1. The molecule has 0 aromatic heterocycles. The van der Waals surface area contributed by atoms with Crippen molar-refractivity contribution in [1.29, 1.82) is 0 Å². The summed E-state index contributed by atoms with van der Waals surface area (Å²) in [6.07, 6.45) is 0.597. The van der Waals surface area contributed by atoms with E-state index in [2.05, 4.69) is 5.32 Å². The van der Waals surface area contributed by atoms with Crippen LogP contribution in [0.1, 0.15) is 30.6 Å². The Morgan fingerprint density at radius 3 is 2.67 bits per heavy atom. The van der Waals surface area contributed by atoms with Crippen LogP contribution in [0.5, 0.6) is 5.75 Å². The average molecular weight is 272 g/mol. The predicted octanol–water partition coefficient (Wildman–Crippen LogP) is 2.18. The Balaban J connectivity index is 2.66. The standard InChI is InChI=1S/C13H18ClNO3/c1-13(2,5-6-16)8-15-12(18)10-4-3-9(14)7-11(10)17/h3-4,7,16-17H,5-6,8H2,1-2H3,(H,15,18). The molecule has 0 unspecified atom stereocenters. The highest BCUT2D eigenvalue weighted by Crippen LogP contribution is 2.23. The molecule has 0 bridgehead atoms. The molecule has 0 fully saturated rings. The summed E-state index contributed by atoms with van der Waals surface area (Å²) < 4.78 is 0. The third kappa shape index (κ3) is 4.20. The maximum atomic E-state index is 11.9. The number of nitrogens with one attached hydrogen (secondary N) is 1. The highest BCUT2D eigenvalue weighted by Gasteiger charge is 2.19. The molecular formula is C13H18ClNO3. The Kier molecular flexibility index (Phi) is 4.99. The number of hydrogen-bond donors (Lipinski definition) is 3. The predicted molar refractivity (Wildman–Crippen MR) is 70.9 cm³/mol. The lowest BCUT2D eigenvalue weighted by Gasteiger charge is -2.23. The van der Waals surface area contributed by atoms with Gasteiger partial charge in [0.1, 0.15) is 5.75 Å². The molecule has 4 nitrogen and oxygen atoms in total. The van der Waals surface area contributed by atoms with Gasteiger partial charge in [-0.25, -0.2) is 0 Å². The van der Waals surface area contributed by atoms with E-state index < -0.39 is 0 Å². The maximum Gasteiger partial charge on any atom is 0.255 e. The van der Waals surface area contributed by atoms with E-state index in [4.69, 9.17) is 16.7 Å². The van der Waals surface area contributed by atoms with Crippen LogP contribution in [0.25, 0.3) is 0 Å². The first-order valence-electron chi connectivity index (χ1n) is 5.73. The minimum absolute atomic E-state index is 0.0784. The van der Waals surface area contributed by atoms with Gasteiger partial charge in [0.25, 0.3) is 5.91 Å². The van der Waals surface area contributed by atoms with Crippen molar-refractivity contribution in [3.63, 3.8) is 0 Å². The van der Waals surface area contributed by atoms with E-state index in [9.17, 15) is 9.90 Å². The summed E-state index contributed by atoms with van der Waals surface area (Å²) in [7, 11) is 0. The molecule has 0 aliphatic heterocycles. The molecule has 0 saturated heterocycles. The van der Waals surface area contributed by atoms with Gasteiger partial charge in [0.15, 0.2) is 0 Å². The fourth-order valence-electron chi connectivity index (χ4n) is 1.50. The van der Waals surface area contributed by atoms with Crippen molar-refractivity contribution >= 4 is 17.5 Å². The van der Waals surface area contributed by atoms with E-state index in [1.807, 2.05) is 13.8 Å². The second-order valence-electron chi connectivity index (χ2n) is 4.98. The van der Waals surface area contributed by atoms with Crippen LogP contribution in [0.3, 0.4) is 0 Å². The lowest BCUT2D eigenvalue weighted by atomic mass is 9.89. The molecule has 0 spiro atoms. The first kappa shape index (κ1) is 14.8. The smallest absolute Gasteiger partial charge is 0.255 e. The molecule has 0 radical (unpaired) electrons. The van der Waals surface area contributed by atoms with Crippen LogP contribution in [0.4, 0.5) is 0 Å². The van der Waals surface area contributed by atoms with Gasteiger partial charge in [0, 0.05) is 18.2 Å². The Hall–Kier alpha value is -1.26. The molecular weight excluding hydrogens is 254 g/mol. The van der Waals surface area contributed by atoms with Crippen molar-refractivity contribution in [1.82, 2.24) is 5.32 Å². The van der Waals surface area contributed by atoms with Crippen molar-refractivity contribution < 1.29 is 15.0 Å². The number of aliphatic hydroxyl groups is 1. The Morgan fingerprint density at radius 1 is 1.44 bits per heavy atom. The Labute approximate surface area is 112 Å². The summed E-state index contributed by atoms with van der Waals surface area (Å²) in [5, 5.41) is 21.6. The van der Waals surface area contributed by atoms with Crippen LogP contribution in [0.2, 0.25) is 5.02 Å². The van der Waals surface area contributed by atoms with Crippen LogP contribution in [0.15, 0.2) is 18.2 Å². The number of phenolic OH excluding ortho intramolecular Hbond substituents is 1. The zero-order chi connectivity index (χ0) is 13.8. The Morgan fingerprint density at radius 2 is 2.11 bits per heavy atom. The summed E-state index contributed by atoms with van der Waals surface area (Å²) in [6, 6.07) is 4.36. The highest BCUT2D eigenvalue weighted by molar-refractivity contribution is 6.30. The van der Waals surface area contributed by atoms with Gasteiger partial charge < -0.3 is 15.5 Å². The second-order valence-corrected chi connectivity index (χ2v) is 5.42. The van der Waals surface area contributed by atoms with Crippen molar-refractivity contribution in [2.45, 2.75) is 20.3 Å². The van der Waals surface area contributed by atoms with E-state index in [1.165, 1.54) is 12.1 Å². The number of rotatable bonds is 5. The quantitative estimate of drug-likeness (QED) is 0.769. The number of carbonyl (C=O) groups excluding carboxylic acids is 1.